The minimum absolute atomic E-state index is 0.0906. The number of hydroxylamine groups is 1. The molecule has 0 bridgehead atoms. The van der Waals surface area contributed by atoms with E-state index in [1.54, 1.807) is 14.2 Å². The van der Waals surface area contributed by atoms with Crippen molar-refractivity contribution in [2.45, 2.75) is 38.1 Å². The van der Waals surface area contributed by atoms with Crippen LogP contribution in [0.1, 0.15) is 32.1 Å². The number of nitrogens with one attached hydrogen (secondary N) is 4. The molecule has 1 heterocycles. The Balaban J connectivity index is 0.000000593. The highest BCUT2D eigenvalue weighted by Crippen LogP contribution is 2.20. The molecule has 1 aromatic rings. The normalized spacial score (nSPS) is 14.2. The Bertz CT molecular complexity index is 485. The summed E-state index contributed by atoms with van der Waals surface area (Å²) in [5, 5.41) is 15.0. The molecule has 23 heavy (non-hydrogen) atoms. The van der Waals surface area contributed by atoms with Crippen LogP contribution in [-0.2, 0) is 4.84 Å². The lowest BCUT2D eigenvalue weighted by atomic mass is 9.96. The van der Waals surface area contributed by atoms with E-state index in [2.05, 4.69) is 41.8 Å². The van der Waals surface area contributed by atoms with Gasteiger partial charge in [0.2, 0.25) is 11.9 Å². The molecule has 0 unspecified atom stereocenters. The molecular formula is C14H25N7O2. The first-order chi connectivity index (χ1) is 11.2. The second kappa shape index (κ2) is 11.4. The van der Waals surface area contributed by atoms with Crippen molar-refractivity contribution in [2.75, 3.05) is 36.8 Å². The number of hydrogen-bond donors (Lipinski definition) is 5. The predicted molar refractivity (Wildman–Crippen MR) is 89.1 cm³/mol. The van der Waals surface area contributed by atoms with E-state index in [0.29, 0.717) is 24.5 Å². The molecule has 1 aliphatic carbocycles. The molecule has 1 saturated carbocycles. The molecule has 1 fully saturated rings. The fraction of sp³-hybridized carbons (Fsp3) is 0.643. The predicted octanol–water partition coefficient (Wildman–Crippen LogP) is 1.23. The summed E-state index contributed by atoms with van der Waals surface area (Å²) in [4.78, 5) is 16.5. The fourth-order valence-electron chi connectivity index (χ4n) is 2.13. The highest BCUT2D eigenvalue weighted by Gasteiger charge is 2.15. The highest BCUT2D eigenvalue weighted by atomic mass is 16.6. The second-order valence-corrected chi connectivity index (χ2v) is 4.86. The van der Waals surface area contributed by atoms with Crippen molar-refractivity contribution in [3.8, 4) is 12.3 Å². The zero-order chi connectivity index (χ0) is 16.9. The Morgan fingerprint density at radius 2 is 1.78 bits per heavy atom. The Hall–Kier alpha value is -2.15. The van der Waals surface area contributed by atoms with Crippen molar-refractivity contribution in [2.24, 2.45) is 0 Å². The average Bonchev–Trinajstić information content (AvgIpc) is 2.60. The maximum Gasteiger partial charge on any atom is 0.253 e. The van der Waals surface area contributed by atoms with Gasteiger partial charge in [-0.15, -0.1) is 6.42 Å². The molecule has 0 atom stereocenters. The first-order valence-corrected chi connectivity index (χ1v) is 7.53. The smallest absolute Gasteiger partial charge is 0.253 e. The van der Waals surface area contributed by atoms with Gasteiger partial charge in [0.05, 0.1) is 13.7 Å². The van der Waals surface area contributed by atoms with E-state index < -0.39 is 0 Å². The van der Waals surface area contributed by atoms with Crippen LogP contribution in [0, 0.1) is 12.3 Å². The van der Waals surface area contributed by atoms with Crippen molar-refractivity contribution >= 4 is 17.8 Å². The highest BCUT2D eigenvalue weighted by molar-refractivity contribution is 5.42. The van der Waals surface area contributed by atoms with Crippen LogP contribution in [0.3, 0.4) is 0 Å². The van der Waals surface area contributed by atoms with Crippen LogP contribution < -0.4 is 21.6 Å². The Labute approximate surface area is 136 Å². The van der Waals surface area contributed by atoms with Crippen molar-refractivity contribution < 1.29 is 10.0 Å². The lowest BCUT2D eigenvalue weighted by Gasteiger charge is -2.22. The summed E-state index contributed by atoms with van der Waals surface area (Å²) in [6.45, 7) is 0.317. The fourth-order valence-corrected chi connectivity index (χ4v) is 2.13. The van der Waals surface area contributed by atoms with Crippen LogP contribution >= 0.6 is 0 Å². The van der Waals surface area contributed by atoms with Gasteiger partial charge in [-0.2, -0.15) is 15.0 Å². The van der Waals surface area contributed by atoms with E-state index in [1.165, 1.54) is 19.3 Å². The lowest BCUT2D eigenvalue weighted by molar-refractivity contribution is 0.112. The van der Waals surface area contributed by atoms with E-state index in [-0.39, 0.29) is 5.95 Å². The summed E-state index contributed by atoms with van der Waals surface area (Å²) in [6, 6.07) is 0.378. The SMILES string of the molecule is C#CCNc1nc(NO)nc(NC2CCCCC2)n1.CNOC. The van der Waals surface area contributed by atoms with E-state index in [0.717, 1.165) is 12.8 Å². The summed E-state index contributed by atoms with van der Waals surface area (Å²) >= 11 is 0. The average molecular weight is 323 g/mol. The quantitative estimate of drug-likeness (QED) is 0.389. The van der Waals surface area contributed by atoms with Gasteiger partial charge in [0.15, 0.2) is 0 Å². The van der Waals surface area contributed by atoms with E-state index in [1.807, 2.05) is 5.48 Å². The van der Waals surface area contributed by atoms with Crippen LogP contribution in [0.2, 0.25) is 0 Å². The van der Waals surface area contributed by atoms with Gasteiger partial charge in [-0.3, -0.25) is 5.21 Å². The topological polar surface area (TPSA) is 116 Å². The van der Waals surface area contributed by atoms with Gasteiger partial charge in [-0.1, -0.05) is 25.2 Å². The molecule has 0 radical (unpaired) electrons. The standard InChI is InChI=1S/C12H18N6O.C2H7NO/c1-2-8-13-10-15-11(17-12(16-10)18-19)14-9-6-4-3-5-7-9;1-3-4-2/h1,9,19H,3-8H2,(H3,13,14,15,16,17,18);3H,1-2H3. The van der Waals surface area contributed by atoms with Crippen molar-refractivity contribution in [3.63, 3.8) is 0 Å². The summed E-state index contributed by atoms with van der Waals surface area (Å²) < 4.78 is 0. The van der Waals surface area contributed by atoms with Crippen molar-refractivity contribution in [1.29, 1.82) is 0 Å². The second-order valence-electron chi connectivity index (χ2n) is 4.86. The van der Waals surface area contributed by atoms with Gasteiger partial charge in [0.25, 0.3) is 5.95 Å². The Morgan fingerprint density at radius 1 is 1.17 bits per heavy atom. The number of nitrogens with zero attached hydrogens (tertiary/aromatic N) is 3. The van der Waals surface area contributed by atoms with Gasteiger partial charge in [-0.05, 0) is 12.8 Å². The van der Waals surface area contributed by atoms with Crippen LogP contribution in [0.25, 0.3) is 0 Å². The van der Waals surface area contributed by atoms with Crippen LogP contribution in [0.15, 0.2) is 0 Å². The monoisotopic (exact) mass is 323 g/mol. The third-order valence-electron chi connectivity index (χ3n) is 3.23. The zero-order valence-corrected chi connectivity index (χ0v) is 13.6. The van der Waals surface area contributed by atoms with Gasteiger partial charge >= 0.3 is 0 Å². The van der Waals surface area contributed by atoms with Crippen LogP contribution in [-0.4, -0.2) is 46.9 Å². The van der Waals surface area contributed by atoms with Gasteiger partial charge < -0.3 is 15.5 Å². The Kier molecular flexibility index (Phi) is 9.38. The molecule has 0 aromatic carbocycles. The van der Waals surface area contributed by atoms with E-state index in [9.17, 15) is 0 Å². The van der Waals surface area contributed by atoms with Gasteiger partial charge in [-0.25, -0.2) is 11.0 Å². The molecule has 0 saturated heterocycles. The zero-order valence-electron chi connectivity index (χ0n) is 13.6. The Morgan fingerprint density at radius 3 is 2.35 bits per heavy atom. The van der Waals surface area contributed by atoms with E-state index >= 15 is 0 Å². The summed E-state index contributed by atoms with van der Waals surface area (Å²) in [6.07, 6.45) is 11.1. The van der Waals surface area contributed by atoms with Gasteiger partial charge in [0, 0.05) is 13.1 Å². The van der Waals surface area contributed by atoms with Crippen molar-refractivity contribution in [1.82, 2.24) is 20.4 Å². The first-order valence-electron chi connectivity index (χ1n) is 7.53. The van der Waals surface area contributed by atoms with Crippen LogP contribution in [0.4, 0.5) is 17.8 Å². The molecule has 0 amide bonds. The number of aromatic nitrogens is 3. The number of rotatable bonds is 6. The minimum Gasteiger partial charge on any atom is -0.351 e. The molecule has 9 nitrogen and oxygen atoms in total. The molecule has 1 aromatic heterocycles. The molecular weight excluding hydrogens is 298 g/mol. The number of hydrogen-bond acceptors (Lipinski definition) is 9. The number of terminal acetylenes is 1. The molecule has 5 N–H and O–H groups in total. The third-order valence-corrected chi connectivity index (χ3v) is 3.23. The summed E-state index contributed by atoms with van der Waals surface area (Å²) in [5.41, 5.74) is 4.36. The largest absolute Gasteiger partial charge is 0.351 e. The summed E-state index contributed by atoms with van der Waals surface area (Å²) in [7, 11) is 3.28. The molecule has 0 aliphatic heterocycles. The van der Waals surface area contributed by atoms with Gasteiger partial charge in [0.1, 0.15) is 0 Å². The molecule has 9 heteroatoms. The maximum atomic E-state index is 8.92. The van der Waals surface area contributed by atoms with Crippen LogP contribution in [0.5, 0.6) is 0 Å². The molecule has 1 aliphatic rings. The molecule has 2 rings (SSSR count). The number of anilines is 3. The lowest BCUT2D eigenvalue weighted by Crippen LogP contribution is -2.24. The van der Waals surface area contributed by atoms with Crippen molar-refractivity contribution in [3.05, 3.63) is 0 Å². The summed E-state index contributed by atoms with van der Waals surface area (Å²) in [5.74, 6) is 3.31. The van der Waals surface area contributed by atoms with E-state index in [4.69, 9.17) is 11.6 Å². The first kappa shape index (κ1) is 18.9. The molecule has 0 spiro atoms. The molecule has 128 valence electrons. The third kappa shape index (κ3) is 7.60. The minimum atomic E-state index is 0.0906. The maximum absolute atomic E-state index is 8.92.